The van der Waals surface area contributed by atoms with Crippen LogP contribution in [0.1, 0.15) is 55.0 Å². The number of rotatable bonds is 1. The fourth-order valence-electron chi connectivity index (χ4n) is 3.96. The van der Waals surface area contributed by atoms with Crippen LogP contribution in [-0.4, -0.2) is 0 Å². The summed E-state index contributed by atoms with van der Waals surface area (Å²) in [5.41, 5.74) is 7.57. The molecule has 0 heterocycles. The average molecular weight is 264 g/mol. The van der Waals surface area contributed by atoms with Gasteiger partial charge in [-0.15, -0.1) is 0 Å². The lowest BCUT2D eigenvalue weighted by molar-refractivity contribution is 0.425. The minimum Gasteiger partial charge on any atom is -0.0590 e. The van der Waals surface area contributed by atoms with Gasteiger partial charge in [0.1, 0.15) is 0 Å². The second-order valence-electron chi connectivity index (χ2n) is 7.31. The van der Waals surface area contributed by atoms with Crippen LogP contribution < -0.4 is 0 Å². The number of fused-ring (bicyclic) bond motifs is 1. The lowest BCUT2D eigenvalue weighted by Crippen LogP contribution is -2.23. The third-order valence-electron chi connectivity index (χ3n) is 4.98. The van der Waals surface area contributed by atoms with Gasteiger partial charge in [-0.3, -0.25) is 0 Å². The molecule has 0 amide bonds. The summed E-state index contributed by atoms with van der Waals surface area (Å²) in [5.74, 6) is 0. The topological polar surface area (TPSA) is 0 Å². The zero-order chi connectivity index (χ0) is 14.5. The van der Waals surface area contributed by atoms with Gasteiger partial charge in [0.05, 0.1) is 0 Å². The molecule has 2 aromatic rings. The van der Waals surface area contributed by atoms with Crippen molar-refractivity contribution in [3.63, 3.8) is 0 Å². The zero-order valence-corrected chi connectivity index (χ0v) is 13.2. The van der Waals surface area contributed by atoms with E-state index in [2.05, 4.69) is 77.1 Å². The Morgan fingerprint density at radius 2 is 1.35 bits per heavy atom. The van der Waals surface area contributed by atoms with E-state index in [-0.39, 0.29) is 10.8 Å². The third kappa shape index (κ3) is 1.90. The molecular formula is C20H24. The molecule has 3 rings (SSSR count). The van der Waals surface area contributed by atoms with Gasteiger partial charge in [0, 0.05) is 5.41 Å². The summed E-state index contributed by atoms with van der Waals surface area (Å²) >= 11 is 0. The predicted molar refractivity (Wildman–Crippen MR) is 86.5 cm³/mol. The molecule has 0 heteroatoms. The largest absolute Gasteiger partial charge is 0.0590 e. The molecule has 0 radical (unpaired) electrons. The SMILES string of the molecule is Cc1ccc([C@]2(C)CC(C)(C)c3ccc(C)cc32)cc1. The third-order valence-corrected chi connectivity index (χ3v) is 4.98. The first-order valence-electron chi connectivity index (χ1n) is 7.52. The number of hydrogen-bond donors (Lipinski definition) is 0. The molecule has 0 bridgehead atoms. The zero-order valence-electron chi connectivity index (χ0n) is 13.2. The Morgan fingerprint density at radius 1 is 0.750 bits per heavy atom. The maximum atomic E-state index is 2.41. The molecule has 20 heavy (non-hydrogen) atoms. The Morgan fingerprint density at radius 3 is 2.00 bits per heavy atom. The Kier molecular flexibility index (Phi) is 2.83. The molecule has 1 aliphatic carbocycles. The van der Waals surface area contributed by atoms with E-state index in [4.69, 9.17) is 0 Å². The summed E-state index contributed by atoms with van der Waals surface area (Å²) in [4.78, 5) is 0. The molecule has 104 valence electrons. The Balaban J connectivity index is 2.21. The first-order valence-corrected chi connectivity index (χ1v) is 7.52. The van der Waals surface area contributed by atoms with Crippen LogP contribution >= 0.6 is 0 Å². The van der Waals surface area contributed by atoms with Crippen molar-refractivity contribution in [2.75, 3.05) is 0 Å². The van der Waals surface area contributed by atoms with E-state index in [9.17, 15) is 0 Å². The summed E-state index contributed by atoms with van der Waals surface area (Å²) in [6, 6.07) is 16.1. The first-order chi connectivity index (χ1) is 9.33. The molecule has 0 saturated heterocycles. The van der Waals surface area contributed by atoms with Gasteiger partial charge in [0.2, 0.25) is 0 Å². The highest BCUT2D eigenvalue weighted by Gasteiger charge is 2.45. The molecule has 0 N–H and O–H groups in total. The summed E-state index contributed by atoms with van der Waals surface area (Å²) < 4.78 is 0. The minimum absolute atomic E-state index is 0.137. The monoisotopic (exact) mass is 264 g/mol. The highest BCUT2D eigenvalue weighted by molar-refractivity contribution is 5.52. The molecule has 0 saturated carbocycles. The van der Waals surface area contributed by atoms with Gasteiger partial charge in [-0.1, -0.05) is 74.4 Å². The van der Waals surface area contributed by atoms with Crippen molar-refractivity contribution in [2.24, 2.45) is 0 Å². The van der Waals surface area contributed by atoms with Gasteiger partial charge >= 0.3 is 0 Å². The van der Waals surface area contributed by atoms with Crippen LogP contribution in [0.15, 0.2) is 42.5 Å². The molecule has 0 spiro atoms. The van der Waals surface area contributed by atoms with Crippen LogP contribution in [0.3, 0.4) is 0 Å². The fourth-order valence-corrected chi connectivity index (χ4v) is 3.96. The van der Waals surface area contributed by atoms with Crippen LogP contribution in [0, 0.1) is 13.8 Å². The molecule has 1 aliphatic rings. The van der Waals surface area contributed by atoms with E-state index in [1.54, 1.807) is 0 Å². The van der Waals surface area contributed by atoms with Gasteiger partial charge in [-0.25, -0.2) is 0 Å². The normalized spacial score (nSPS) is 23.6. The lowest BCUT2D eigenvalue weighted by Gasteiger charge is -2.28. The van der Waals surface area contributed by atoms with Crippen molar-refractivity contribution in [1.29, 1.82) is 0 Å². The maximum Gasteiger partial charge on any atom is 0.0186 e. The minimum atomic E-state index is 0.137. The maximum absolute atomic E-state index is 2.41. The van der Waals surface area contributed by atoms with Crippen LogP contribution in [-0.2, 0) is 10.8 Å². The summed E-state index contributed by atoms with van der Waals surface area (Å²) in [7, 11) is 0. The van der Waals surface area contributed by atoms with Gasteiger partial charge in [-0.2, -0.15) is 0 Å². The van der Waals surface area contributed by atoms with E-state index < -0.39 is 0 Å². The second kappa shape index (κ2) is 4.22. The van der Waals surface area contributed by atoms with E-state index in [0.29, 0.717) is 0 Å². The average Bonchev–Trinajstić information content (AvgIpc) is 2.58. The van der Waals surface area contributed by atoms with Crippen molar-refractivity contribution >= 4 is 0 Å². The molecule has 0 fully saturated rings. The smallest absolute Gasteiger partial charge is 0.0186 e. The van der Waals surface area contributed by atoms with Crippen LogP contribution in [0.25, 0.3) is 0 Å². The first kappa shape index (κ1) is 13.4. The molecule has 0 aromatic heterocycles. The van der Waals surface area contributed by atoms with Gasteiger partial charge < -0.3 is 0 Å². The Bertz CT molecular complexity index is 646. The van der Waals surface area contributed by atoms with E-state index in [1.807, 2.05) is 0 Å². The molecule has 0 aliphatic heterocycles. The Hall–Kier alpha value is -1.56. The predicted octanol–water partition coefficient (Wildman–Crippen LogP) is 5.29. The van der Waals surface area contributed by atoms with Crippen molar-refractivity contribution in [3.8, 4) is 0 Å². The number of hydrogen-bond acceptors (Lipinski definition) is 0. The summed E-state index contributed by atoms with van der Waals surface area (Å²) in [5, 5.41) is 0. The number of benzene rings is 2. The highest BCUT2D eigenvalue weighted by Crippen LogP contribution is 2.52. The van der Waals surface area contributed by atoms with Gasteiger partial charge in [-0.05, 0) is 42.4 Å². The summed E-state index contributed by atoms with van der Waals surface area (Å²) in [6.07, 6.45) is 1.18. The van der Waals surface area contributed by atoms with Crippen LogP contribution in [0.2, 0.25) is 0 Å². The van der Waals surface area contributed by atoms with Crippen molar-refractivity contribution in [3.05, 3.63) is 70.3 Å². The quantitative estimate of drug-likeness (QED) is 0.656. The molecule has 0 unspecified atom stereocenters. The van der Waals surface area contributed by atoms with Gasteiger partial charge in [0.15, 0.2) is 0 Å². The molecular weight excluding hydrogens is 240 g/mol. The van der Waals surface area contributed by atoms with Crippen LogP contribution in [0.4, 0.5) is 0 Å². The Labute approximate surface area is 122 Å². The van der Waals surface area contributed by atoms with Crippen molar-refractivity contribution in [2.45, 2.75) is 51.9 Å². The molecule has 2 aromatic carbocycles. The highest BCUT2D eigenvalue weighted by atomic mass is 14.5. The van der Waals surface area contributed by atoms with Crippen LogP contribution in [0.5, 0.6) is 0 Å². The summed E-state index contributed by atoms with van der Waals surface area (Å²) in [6.45, 7) is 11.5. The standard InChI is InChI=1S/C20H24/c1-14-6-9-16(10-7-14)20(5)13-19(3,4)17-11-8-15(2)12-18(17)20/h6-12H,13H2,1-5H3/t20-/m0/s1. The van der Waals surface area contributed by atoms with E-state index in [1.165, 1.54) is 34.2 Å². The van der Waals surface area contributed by atoms with Crippen molar-refractivity contribution < 1.29 is 0 Å². The van der Waals surface area contributed by atoms with Gasteiger partial charge in [0.25, 0.3) is 0 Å². The fraction of sp³-hybridized carbons (Fsp3) is 0.400. The lowest BCUT2D eigenvalue weighted by atomic mass is 9.75. The van der Waals surface area contributed by atoms with E-state index in [0.717, 1.165) is 0 Å². The number of aryl methyl sites for hydroxylation is 2. The van der Waals surface area contributed by atoms with Crippen molar-refractivity contribution in [1.82, 2.24) is 0 Å². The molecule has 1 atom stereocenters. The second-order valence-corrected chi connectivity index (χ2v) is 7.31. The van der Waals surface area contributed by atoms with E-state index >= 15 is 0 Å². The molecule has 0 nitrogen and oxygen atoms in total.